The number of urea groups is 1. The molecule has 2 aromatic carbocycles. The molecule has 0 spiro atoms. The Balaban J connectivity index is 1.72. The maximum atomic E-state index is 13.4. The Morgan fingerprint density at radius 2 is 2.04 bits per heavy atom. The summed E-state index contributed by atoms with van der Waals surface area (Å²) in [5, 5.41) is 2.94. The molecule has 1 saturated heterocycles. The maximum Gasteiger partial charge on any atom is 0.322 e. The molecule has 1 fully saturated rings. The highest BCUT2D eigenvalue weighted by molar-refractivity contribution is 5.89. The van der Waals surface area contributed by atoms with Gasteiger partial charge in [0.15, 0.2) is 0 Å². The van der Waals surface area contributed by atoms with Gasteiger partial charge in [-0.2, -0.15) is 0 Å². The minimum atomic E-state index is -0.259. The zero-order valence-electron chi connectivity index (χ0n) is 13.3. The van der Waals surface area contributed by atoms with Crippen LogP contribution in [0.4, 0.5) is 14.9 Å². The van der Waals surface area contributed by atoms with Crippen LogP contribution in [0.25, 0.3) is 0 Å². The van der Waals surface area contributed by atoms with Gasteiger partial charge in [-0.1, -0.05) is 31.2 Å². The van der Waals surface area contributed by atoms with Crippen molar-refractivity contribution < 1.29 is 9.18 Å². The molecule has 2 aromatic rings. The second kappa shape index (κ2) is 6.82. The molecule has 0 bridgehead atoms. The highest BCUT2D eigenvalue weighted by atomic mass is 19.1. The van der Waals surface area contributed by atoms with Gasteiger partial charge in [0.1, 0.15) is 5.82 Å². The van der Waals surface area contributed by atoms with Gasteiger partial charge in [0.2, 0.25) is 0 Å². The Morgan fingerprint density at radius 3 is 2.74 bits per heavy atom. The number of benzene rings is 2. The molecule has 0 radical (unpaired) electrons. The second-order valence-corrected chi connectivity index (χ2v) is 5.89. The van der Waals surface area contributed by atoms with Crippen molar-refractivity contribution in [2.45, 2.75) is 32.2 Å². The minimum absolute atomic E-state index is 0.0550. The van der Waals surface area contributed by atoms with Crippen LogP contribution in [0.15, 0.2) is 48.5 Å². The van der Waals surface area contributed by atoms with Crippen molar-refractivity contribution >= 4 is 11.7 Å². The molecular weight excluding hydrogens is 291 g/mol. The van der Waals surface area contributed by atoms with Crippen molar-refractivity contribution in [3.63, 3.8) is 0 Å². The lowest BCUT2D eigenvalue weighted by molar-refractivity contribution is 0.207. The van der Waals surface area contributed by atoms with Crippen LogP contribution in [0, 0.1) is 5.82 Å². The first-order valence-corrected chi connectivity index (χ1v) is 8.09. The number of amides is 2. The van der Waals surface area contributed by atoms with Crippen molar-refractivity contribution in [2.75, 3.05) is 11.9 Å². The van der Waals surface area contributed by atoms with E-state index in [1.54, 1.807) is 11.0 Å². The van der Waals surface area contributed by atoms with Crippen LogP contribution in [-0.2, 0) is 6.42 Å². The minimum Gasteiger partial charge on any atom is -0.317 e. The Hall–Kier alpha value is -2.36. The van der Waals surface area contributed by atoms with Crippen LogP contribution in [-0.4, -0.2) is 17.5 Å². The topological polar surface area (TPSA) is 32.3 Å². The molecule has 0 aliphatic carbocycles. The molecule has 0 aromatic heterocycles. The first-order chi connectivity index (χ1) is 11.2. The molecule has 2 amide bonds. The van der Waals surface area contributed by atoms with E-state index >= 15 is 0 Å². The third kappa shape index (κ3) is 3.52. The molecule has 1 heterocycles. The SMILES string of the molecule is CCc1ccc(NC(=O)N2CCCC2c2cccc(F)c2)cc1. The number of carbonyl (C=O) groups excluding carboxylic acids is 1. The van der Waals surface area contributed by atoms with Gasteiger partial charge in [-0.3, -0.25) is 0 Å². The summed E-state index contributed by atoms with van der Waals surface area (Å²) >= 11 is 0. The van der Waals surface area contributed by atoms with Crippen LogP contribution >= 0.6 is 0 Å². The third-order valence-electron chi connectivity index (χ3n) is 4.36. The number of likely N-dealkylation sites (tertiary alicyclic amines) is 1. The fraction of sp³-hybridized carbons (Fsp3) is 0.316. The van der Waals surface area contributed by atoms with Gasteiger partial charge in [-0.25, -0.2) is 9.18 Å². The van der Waals surface area contributed by atoms with Gasteiger partial charge in [0.05, 0.1) is 6.04 Å². The lowest BCUT2D eigenvalue weighted by Gasteiger charge is -2.25. The van der Waals surface area contributed by atoms with Crippen LogP contribution < -0.4 is 5.32 Å². The van der Waals surface area contributed by atoms with E-state index in [9.17, 15) is 9.18 Å². The highest BCUT2D eigenvalue weighted by Crippen LogP contribution is 2.32. The van der Waals surface area contributed by atoms with Crippen molar-refractivity contribution in [1.29, 1.82) is 0 Å². The van der Waals surface area contributed by atoms with Crippen LogP contribution in [0.1, 0.15) is 36.9 Å². The lowest BCUT2D eigenvalue weighted by atomic mass is 10.0. The van der Waals surface area contributed by atoms with E-state index < -0.39 is 0 Å². The molecule has 1 N–H and O–H groups in total. The summed E-state index contributed by atoms with van der Waals surface area (Å²) in [7, 11) is 0. The van der Waals surface area contributed by atoms with Gasteiger partial charge < -0.3 is 10.2 Å². The van der Waals surface area contributed by atoms with Gasteiger partial charge in [-0.05, 0) is 54.7 Å². The zero-order valence-corrected chi connectivity index (χ0v) is 13.3. The van der Waals surface area contributed by atoms with E-state index in [2.05, 4.69) is 12.2 Å². The van der Waals surface area contributed by atoms with Crippen molar-refractivity contribution in [3.8, 4) is 0 Å². The molecule has 0 saturated carbocycles. The fourth-order valence-corrected chi connectivity index (χ4v) is 3.09. The Labute approximate surface area is 136 Å². The van der Waals surface area contributed by atoms with Gasteiger partial charge >= 0.3 is 6.03 Å². The number of hydrogen-bond donors (Lipinski definition) is 1. The molecule has 120 valence electrons. The van der Waals surface area contributed by atoms with E-state index in [0.717, 1.165) is 30.5 Å². The predicted octanol–water partition coefficient (Wildman–Crippen LogP) is 4.76. The van der Waals surface area contributed by atoms with Crippen molar-refractivity contribution in [1.82, 2.24) is 4.90 Å². The summed E-state index contributed by atoms with van der Waals surface area (Å²) in [5.74, 6) is -0.259. The number of carbonyl (C=O) groups is 1. The fourth-order valence-electron chi connectivity index (χ4n) is 3.09. The van der Waals surface area contributed by atoms with Crippen LogP contribution in [0.3, 0.4) is 0 Å². The molecule has 1 aliphatic rings. The average molecular weight is 312 g/mol. The summed E-state index contributed by atoms with van der Waals surface area (Å²) < 4.78 is 13.4. The summed E-state index contributed by atoms with van der Waals surface area (Å²) in [5.41, 5.74) is 2.89. The Kier molecular flexibility index (Phi) is 4.60. The molecule has 1 aliphatic heterocycles. The van der Waals surface area contributed by atoms with E-state index in [1.807, 2.05) is 30.3 Å². The second-order valence-electron chi connectivity index (χ2n) is 5.89. The molecule has 23 heavy (non-hydrogen) atoms. The monoisotopic (exact) mass is 312 g/mol. The number of aryl methyl sites for hydroxylation is 1. The number of hydrogen-bond acceptors (Lipinski definition) is 1. The third-order valence-corrected chi connectivity index (χ3v) is 4.36. The molecule has 3 rings (SSSR count). The van der Waals surface area contributed by atoms with Gasteiger partial charge in [-0.15, -0.1) is 0 Å². The van der Waals surface area contributed by atoms with E-state index in [-0.39, 0.29) is 17.9 Å². The Morgan fingerprint density at radius 1 is 1.26 bits per heavy atom. The summed E-state index contributed by atoms with van der Waals surface area (Å²) in [4.78, 5) is 14.4. The molecule has 4 heteroatoms. The zero-order chi connectivity index (χ0) is 16.2. The largest absolute Gasteiger partial charge is 0.322 e. The number of anilines is 1. The van der Waals surface area contributed by atoms with E-state index in [4.69, 9.17) is 0 Å². The number of nitrogens with one attached hydrogen (secondary N) is 1. The number of nitrogens with zero attached hydrogens (tertiary/aromatic N) is 1. The number of halogens is 1. The van der Waals surface area contributed by atoms with Gasteiger partial charge in [0, 0.05) is 12.2 Å². The van der Waals surface area contributed by atoms with Crippen molar-refractivity contribution in [2.24, 2.45) is 0 Å². The maximum absolute atomic E-state index is 13.4. The molecule has 1 unspecified atom stereocenters. The average Bonchev–Trinajstić information content (AvgIpc) is 3.05. The van der Waals surface area contributed by atoms with E-state index in [0.29, 0.717) is 6.54 Å². The molecular formula is C19H21FN2O. The van der Waals surface area contributed by atoms with Crippen LogP contribution in [0.5, 0.6) is 0 Å². The molecule has 1 atom stereocenters. The quantitative estimate of drug-likeness (QED) is 0.871. The molecule has 3 nitrogen and oxygen atoms in total. The summed E-state index contributed by atoms with van der Waals surface area (Å²) in [6.45, 7) is 2.79. The summed E-state index contributed by atoms with van der Waals surface area (Å²) in [6.07, 6.45) is 2.77. The first-order valence-electron chi connectivity index (χ1n) is 8.09. The smallest absolute Gasteiger partial charge is 0.317 e. The first kappa shape index (κ1) is 15.5. The van der Waals surface area contributed by atoms with Crippen LogP contribution in [0.2, 0.25) is 0 Å². The van der Waals surface area contributed by atoms with Crippen molar-refractivity contribution in [3.05, 3.63) is 65.5 Å². The Bertz CT molecular complexity index is 684. The number of rotatable bonds is 3. The van der Waals surface area contributed by atoms with Gasteiger partial charge in [0.25, 0.3) is 0 Å². The normalized spacial score (nSPS) is 17.3. The summed E-state index contributed by atoms with van der Waals surface area (Å²) in [6, 6.07) is 14.2. The van der Waals surface area contributed by atoms with E-state index in [1.165, 1.54) is 17.7 Å². The highest BCUT2D eigenvalue weighted by Gasteiger charge is 2.30. The predicted molar refractivity (Wildman–Crippen MR) is 89.9 cm³/mol. The lowest BCUT2D eigenvalue weighted by Crippen LogP contribution is -2.34. The standard InChI is InChI=1S/C19H21FN2O/c1-2-14-8-10-17(11-9-14)21-19(23)22-12-4-7-18(22)15-5-3-6-16(20)13-15/h3,5-6,8-11,13,18H,2,4,7,12H2,1H3,(H,21,23).